The normalized spacial score (nSPS) is 18.3. The highest BCUT2D eigenvalue weighted by molar-refractivity contribution is 7.91. The summed E-state index contributed by atoms with van der Waals surface area (Å²) in [5.74, 6) is 1.03. The van der Waals surface area contributed by atoms with Gasteiger partial charge >= 0.3 is 0 Å². The molecule has 3 heterocycles. The van der Waals surface area contributed by atoms with Gasteiger partial charge in [0.05, 0.1) is 32.6 Å². The van der Waals surface area contributed by atoms with Crippen molar-refractivity contribution in [3.8, 4) is 0 Å². The molecule has 0 amide bonds. The SMILES string of the molecule is CC1(C)Cc2nc(Nc3cc(S(=O)(=O)c4ccccc4)cc(NC4CCCCC4)n3)sc2CO1. The van der Waals surface area contributed by atoms with E-state index >= 15 is 0 Å². The lowest BCUT2D eigenvalue weighted by Crippen LogP contribution is -2.31. The van der Waals surface area contributed by atoms with Crippen LogP contribution >= 0.6 is 11.3 Å². The molecule has 9 heteroatoms. The van der Waals surface area contributed by atoms with Crippen LogP contribution in [0.15, 0.2) is 52.3 Å². The van der Waals surface area contributed by atoms with Crippen molar-refractivity contribution < 1.29 is 13.2 Å². The summed E-state index contributed by atoms with van der Waals surface area (Å²) in [7, 11) is -3.69. The molecule has 1 fully saturated rings. The fraction of sp³-hybridized carbons (Fsp3) is 0.440. The number of thiazole rings is 1. The summed E-state index contributed by atoms with van der Waals surface area (Å²) < 4.78 is 32.7. The molecule has 180 valence electrons. The number of nitrogens with one attached hydrogen (secondary N) is 2. The van der Waals surface area contributed by atoms with Crippen molar-refractivity contribution in [1.29, 1.82) is 0 Å². The predicted octanol–water partition coefficient (Wildman–Crippen LogP) is 5.71. The Morgan fingerprint density at radius 2 is 1.74 bits per heavy atom. The Morgan fingerprint density at radius 1 is 1.00 bits per heavy atom. The first-order chi connectivity index (χ1) is 16.3. The fourth-order valence-corrected chi connectivity index (χ4v) is 6.72. The molecule has 0 spiro atoms. The fourth-order valence-electron chi connectivity index (χ4n) is 4.50. The Morgan fingerprint density at radius 3 is 2.50 bits per heavy atom. The third-order valence-electron chi connectivity index (χ3n) is 6.32. The van der Waals surface area contributed by atoms with E-state index in [-0.39, 0.29) is 15.4 Å². The first kappa shape index (κ1) is 23.3. The molecular weight excluding hydrogens is 468 g/mol. The maximum Gasteiger partial charge on any atom is 0.206 e. The summed E-state index contributed by atoms with van der Waals surface area (Å²) in [5.41, 5.74) is 0.787. The molecule has 1 saturated carbocycles. The summed E-state index contributed by atoms with van der Waals surface area (Å²) in [5, 5.41) is 7.44. The minimum atomic E-state index is -3.69. The molecule has 1 aliphatic heterocycles. The van der Waals surface area contributed by atoms with E-state index in [4.69, 9.17) is 14.7 Å². The number of pyridine rings is 1. The molecule has 7 nitrogen and oxygen atoms in total. The van der Waals surface area contributed by atoms with Gasteiger partial charge in [-0.15, -0.1) is 0 Å². The van der Waals surface area contributed by atoms with Crippen LogP contribution in [0.1, 0.15) is 56.5 Å². The average Bonchev–Trinajstić information content (AvgIpc) is 3.20. The largest absolute Gasteiger partial charge is 0.370 e. The molecule has 0 atom stereocenters. The van der Waals surface area contributed by atoms with Gasteiger partial charge in [-0.2, -0.15) is 0 Å². The number of anilines is 3. The molecule has 0 saturated heterocycles. The van der Waals surface area contributed by atoms with Crippen molar-refractivity contribution in [3.05, 3.63) is 53.0 Å². The molecule has 1 aliphatic carbocycles. The Hall–Kier alpha value is -2.49. The van der Waals surface area contributed by atoms with Gasteiger partial charge in [0.25, 0.3) is 0 Å². The van der Waals surface area contributed by atoms with E-state index in [0.717, 1.165) is 29.8 Å². The van der Waals surface area contributed by atoms with E-state index < -0.39 is 9.84 Å². The number of ether oxygens (including phenoxy) is 1. The second-order valence-electron chi connectivity index (χ2n) is 9.61. The first-order valence-electron chi connectivity index (χ1n) is 11.8. The summed E-state index contributed by atoms with van der Waals surface area (Å²) in [6.45, 7) is 4.65. The Bertz CT molecular complexity index is 1270. The molecular formula is C25H30N4O3S2. The van der Waals surface area contributed by atoms with Crippen molar-refractivity contribution in [2.24, 2.45) is 0 Å². The standard InChI is InChI=1S/C25H30N4O3S2/c1-25(2)15-20-21(16-32-25)33-24(27-20)29-23-14-19(34(30,31)18-11-7-4-8-12-18)13-22(28-23)26-17-9-5-3-6-10-17/h4,7-8,11-14,17H,3,5-6,9-10,15-16H2,1-2H3,(H2,26,27,28,29). The number of benzene rings is 1. The summed E-state index contributed by atoms with van der Waals surface area (Å²) in [4.78, 5) is 11.0. The number of fused-ring (bicyclic) bond motifs is 1. The molecule has 2 N–H and O–H groups in total. The van der Waals surface area contributed by atoms with Crippen molar-refractivity contribution in [3.63, 3.8) is 0 Å². The molecule has 5 rings (SSSR count). The second kappa shape index (κ2) is 9.28. The summed E-state index contributed by atoms with van der Waals surface area (Å²) in [6, 6.07) is 12.1. The number of rotatable bonds is 6. The van der Waals surface area contributed by atoms with Gasteiger partial charge in [-0.1, -0.05) is 48.8 Å². The van der Waals surface area contributed by atoms with Gasteiger partial charge in [-0.25, -0.2) is 18.4 Å². The van der Waals surface area contributed by atoms with Crippen molar-refractivity contribution >= 4 is 37.9 Å². The molecule has 34 heavy (non-hydrogen) atoms. The maximum atomic E-state index is 13.4. The van der Waals surface area contributed by atoms with Crippen LogP contribution in [0.25, 0.3) is 0 Å². The molecule has 0 bridgehead atoms. The van der Waals surface area contributed by atoms with E-state index in [0.29, 0.717) is 29.4 Å². The second-order valence-corrected chi connectivity index (χ2v) is 12.6. The van der Waals surface area contributed by atoms with Gasteiger partial charge in [0.1, 0.15) is 11.6 Å². The van der Waals surface area contributed by atoms with Crippen LogP contribution in [0.3, 0.4) is 0 Å². The van der Waals surface area contributed by atoms with Crippen LogP contribution in [-0.4, -0.2) is 30.0 Å². The highest BCUT2D eigenvalue weighted by Crippen LogP contribution is 2.35. The maximum absolute atomic E-state index is 13.4. The quantitative estimate of drug-likeness (QED) is 0.449. The van der Waals surface area contributed by atoms with Crippen LogP contribution < -0.4 is 10.6 Å². The van der Waals surface area contributed by atoms with E-state index in [2.05, 4.69) is 24.5 Å². The zero-order chi connectivity index (χ0) is 23.8. The first-order valence-corrected chi connectivity index (χ1v) is 14.1. The van der Waals surface area contributed by atoms with Crippen molar-refractivity contribution in [2.45, 2.75) is 80.4 Å². The molecule has 2 aliphatic rings. The number of hydrogen-bond donors (Lipinski definition) is 2. The summed E-state index contributed by atoms with van der Waals surface area (Å²) >= 11 is 1.53. The van der Waals surface area contributed by atoms with E-state index in [1.54, 1.807) is 36.4 Å². The Labute approximate surface area is 204 Å². The van der Waals surface area contributed by atoms with Gasteiger partial charge < -0.3 is 15.4 Å². The predicted molar refractivity (Wildman–Crippen MR) is 135 cm³/mol. The molecule has 1 aromatic carbocycles. The van der Waals surface area contributed by atoms with Gasteiger partial charge in [-0.05, 0) is 44.9 Å². The zero-order valence-electron chi connectivity index (χ0n) is 19.5. The van der Waals surface area contributed by atoms with Gasteiger partial charge in [0.15, 0.2) is 5.13 Å². The monoisotopic (exact) mass is 498 g/mol. The van der Waals surface area contributed by atoms with Crippen LogP contribution in [0.4, 0.5) is 16.8 Å². The van der Waals surface area contributed by atoms with Crippen LogP contribution in [0.2, 0.25) is 0 Å². The third-order valence-corrected chi connectivity index (χ3v) is 9.06. The number of aromatic nitrogens is 2. The zero-order valence-corrected chi connectivity index (χ0v) is 21.1. The highest BCUT2D eigenvalue weighted by atomic mass is 32.2. The van der Waals surface area contributed by atoms with E-state index in [9.17, 15) is 8.42 Å². The molecule has 3 aromatic rings. The lowest BCUT2D eigenvalue weighted by Gasteiger charge is -2.28. The lowest BCUT2D eigenvalue weighted by atomic mass is 9.95. The van der Waals surface area contributed by atoms with Crippen LogP contribution in [0.5, 0.6) is 0 Å². The number of sulfone groups is 1. The van der Waals surface area contributed by atoms with E-state index in [1.807, 2.05) is 6.07 Å². The minimum absolute atomic E-state index is 0.209. The Kier molecular flexibility index (Phi) is 6.35. The van der Waals surface area contributed by atoms with Crippen LogP contribution in [0, 0.1) is 0 Å². The molecule has 0 radical (unpaired) electrons. The van der Waals surface area contributed by atoms with Crippen molar-refractivity contribution in [1.82, 2.24) is 9.97 Å². The van der Waals surface area contributed by atoms with Gasteiger partial charge in [0.2, 0.25) is 9.84 Å². The molecule has 0 unspecified atom stereocenters. The van der Waals surface area contributed by atoms with E-state index in [1.165, 1.54) is 30.6 Å². The number of hydrogen-bond acceptors (Lipinski definition) is 8. The lowest BCUT2D eigenvalue weighted by molar-refractivity contribution is -0.0393. The summed E-state index contributed by atoms with van der Waals surface area (Å²) in [6.07, 6.45) is 6.47. The number of nitrogens with zero attached hydrogens (tertiary/aromatic N) is 2. The Balaban J connectivity index is 1.48. The molecule has 2 aromatic heterocycles. The van der Waals surface area contributed by atoms with Crippen LogP contribution in [-0.2, 0) is 27.6 Å². The third kappa shape index (κ3) is 5.11. The topological polar surface area (TPSA) is 93.2 Å². The minimum Gasteiger partial charge on any atom is -0.370 e. The average molecular weight is 499 g/mol. The highest BCUT2D eigenvalue weighted by Gasteiger charge is 2.29. The smallest absolute Gasteiger partial charge is 0.206 e. The van der Waals surface area contributed by atoms with Crippen molar-refractivity contribution in [2.75, 3.05) is 10.6 Å². The van der Waals surface area contributed by atoms with Gasteiger partial charge in [0, 0.05) is 18.5 Å². The van der Waals surface area contributed by atoms with Gasteiger partial charge in [-0.3, -0.25) is 0 Å².